The van der Waals surface area contributed by atoms with E-state index >= 15 is 0 Å². The molecule has 0 radical (unpaired) electrons. The highest BCUT2D eigenvalue weighted by Gasteiger charge is 2.20. The van der Waals surface area contributed by atoms with Crippen LogP contribution in [0.1, 0.15) is 0 Å². The number of ether oxygens (including phenoxy) is 2. The number of rotatable bonds is 5. The smallest absolute Gasteiger partial charge is 0.277 e. The molecule has 1 unspecified atom stereocenters. The van der Waals surface area contributed by atoms with Crippen molar-refractivity contribution in [2.75, 3.05) is 13.7 Å². The molecule has 0 aromatic heterocycles. The summed E-state index contributed by atoms with van der Waals surface area (Å²) < 4.78 is 12.0. The predicted molar refractivity (Wildman–Crippen MR) is 70.5 cm³/mol. The second-order valence-corrected chi connectivity index (χ2v) is 4.92. The van der Waals surface area contributed by atoms with E-state index in [2.05, 4.69) is 31.9 Å². The molecule has 3 N–H and O–H groups in total. The van der Waals surface area contributed by atoms with E-state index in [0.29, 0.717) is 5.75 Å². The molecule has 0 saturated carbocycles. The molecule has 5 nitrogen and oxygen atoms in total. The highest BCUT2D eigenvalue weighted by molar-refractivity contribution is 9.11. The molecule has 0 saturated heterocycles. The van der Waals surface area contributed by atoms with E-state index in [9.17, 15) is 4.79 Å². The molecule has 1 rings (SSSR count). The maximum Gasteiger partial charge on any atom is 0.277 e. The van der Waals surface area contributed by atoms with Gasteiger partial charge in [-0.05, 0) is 34.1 Å². The Morgan fingerprint density at radius 3 is 2.76 bits per heavy atom. The maximum absolute atomic E-state index is 11.4. The normalized spacial score (nSPS) is 12.0. The Morgan fingerprint density at radius 2 is 2.24 bits per heavy atom. The lowest BCUT2D eigenvalue weighted by atomic mass is 10.3. The van der Waals surface area contributed by atoms with Crippen LogP contribution in [0, 0.1) is 0 Å². The number of benzene rings is 1. The number of amides is 1. The van der Waals surface area contributed by atoms with Gasteiger partial charge in [-0.15, -0.1) is 0 Å². The van der Waals surface area contributed by atoms with Gasteiger partial charge in [-0.3, -0.25) is 10.2 Å². The number of carbonyl (C=O) groups is 1. The van der Waals surface area contributed by atoms with Gasteiger partial charge in [0.25, 0.3) is 5.91 Å². The fourth-order valence-electron chi connectivity index (χ4n) is 1.13. The minimum atomic E-state index is -0.789. The van der Waals surface area contributed by atoms with Gasteiger partial charge in [0, 0.05) is 11.6 Å². The van der Waals surface area contributed by atoms with Gasteiger partial charge in [-0.25, -0.2) is 5.84 Å². The minimum absolute atomic E-state index is 0.117. The molecule has 0 bridgehead atoms. The van der Waals surface area contributed by atoms with Crippen molar-refractivity contribution < 1.29 is 14.3 Å². The first-order valence-corrected chi connectivity index (χ1v) is 6.28. The van der Waals surface area contributed by atoms with Crippen LogP contribution in [0.2, 0.25) is 0 Å². The Kier molecular flexibility index (Phi) is 5.90. The van der Waals surface area contributed by atoms with Gasteiger partial charge in [-0.2, -0.15) is 0 Å². The molecule has 0 aliphatic heterocycles. The highest BCUT2D eigenvalue weighted by Crippen LogP contribution is 2.28. The fourth-order valence-corrected chi connectivity index (χ4v) is 2.27. The van der Waals surface area contributed by atoms with E-state index in [-0.39, 0.29) is 6.61 Å². The van der Waals surface area contributed by atoms with Gasteiger partial charge in [0.05, 0.1) is 11.1 Å². The summed E-state index contributed by atoms with van der Waals surface area (Å²) in [5.41, 5.74) is 2.03. The van der Waals surface area contributed by atoms with Crippen molar-refractivity contribution in [1.82, 2.24) is 5.43 Å². The standard InChI is InChI=1S/C10H12Br2N2O3/c1-16-5-9(10(15)14-13)17-8-3-2-6(11)4-7(8)12/h2-4,9H,5,13H2,1H3,(H,14,15). The molecule has 17 heavy (non-hydrogen) atoms. The number of hydrogen-bond acceptors (Lipinski definition) is 4. The number of hydrazine groups is 1. The third kappa shape index (κ3) is 4.27. The maximum atomic E-state index is 11.4. The lowest BCUT2D eigenvalue weighted by Crippen LogP contribution is -2.44. The zero-order valence-electron chi connectivity index (χ0n) is 9.07. The summed E-state index contributed by atoms with van der Waals surface area (Å²) in [5, 5.41) is 0. The third-order valence-electron chi connectivity index (χ3n) is 1.92. The van der Waals surface area contributed by atoms with Crippen molar-refractivity contribution in [2.24, 2.45) is 5.84 Å². The molecule has 0 fully saturated rings. The molecule has 1 aromatic carbocycles. The summed E-state index contributed by atoms with van der Waals surface area (Å²) in [7, 11) is 1.48. The molecule has 0 aliphatic carbocycles. The van der Waals surface area contributed by atoms with Gasteiger partial charge in [0.15, 0.2) is 0 Å². The van der Waals surface area contributed by atoms with Crippen molar-refractivity contribution in [3.05, 3.63) is 27.1 Å². The summed E-state index contributed by atoms with van der Waals surface area (Å²) in [6.45, 7) is 0.117. The highest BCUT2D eigenvalue weighted by atomic mass is 79.9. The molecule has 1 aromatic rings. The molecule has 0 aliphatic rings. The molecule has 7 heteroatoms. The van der Waals surface area contributed by atoms with Gasteiger partial charge >= 0.3 is 0 Å². The largest absolute Gasteiger partial charge is 0.477 e. The van der Waals surface area contributed by atoms with Crippen LogP contribution in [0.4, 0.5) is 0 Å². The summed E-state index contributed by atoms with van der Waals surface area (Å²) >= 11 is 6.67. The average Bonchev–Trinajstić information content (AvgIpc) is 2.30. The Labute approximate surface area is 116 Å². The Morgan fingerprint density at radius 1 is 1.53 bits per heavy atom. The SMILES string of the molecule is COCC(Oc1ccc(Br)cc1Br)C(=O)NN. The van der Waals surface area contributed by atoms with E-state index in [0.717, 1.165) is 8.95 Å². The Bertz CT molecular complexity index is 401. The van der Waals surface area contributed by atoms with Crippen LogP contribution < -0.4 is 16.0 Å². The predicted octanol–water partition coefficient (Wildman–Crippen LogP) is 1.60. The summed E-state index contributed by atoms with van der Waals surface area (Å²) in [6.07, 6.45) is -0.789. The fraction of sp³-hybridized carbons (Fsp3) is 0.300. The number of nitrogens with one attached hydrogen (secondary N) is 1. The molecular weight excluding hydrogens is 356 g/mol. The average molecular weight is 368 g/mol. The monoisotopic (exact) mass is 366 g/mol. The first kappa shape index (κ1) is 14.4. The van der Waals surface area contributed by atoms with E-state index < -0.39 is 12.0 Å². The zero-order chi connectivity index (χ0) is 12.8. The Balaban J connectivity index is 2.82. The second-order valence-electron chi connectivity index (χ2n) is 3.15. The number of nitrogens with two attached hydrogens (primary N) is 1. The first-order valence-electron chi connectivity index (χ1n) is 4.69. The van der Waals surface area contributed by atoms with Crippen LogP contribution in [0.15, 0.2) is 27.1 Å². The molecule has 1 atom stereocenters. The number of halogens is 2. The van der Waals surface area contributed by atoms with Gasteiger partial charge < -0.3 is 9.47 Å². The quantitative estimate of drug-likeness (QED) is 0.471. The summed E-state index contributed by atoms with van der Waals surface area (Å²) in [6, 6.07) is 5.37. The minimum Gasteiger partial charge on any atom is -0.477 e. The van der Waals surface area contributed by atoms with Crippen molar-refractivity contribution in [3.63, 3.8) is 0 Å². The number of methoxy groups -OCH3 is 1. The van der Waals surface area contributed by atoms with Crippen molar-refractivity contribution in [2.45, 2.75) is 6.10 Å². The van der Waals surface area contributed by atoms with Gasteiger partial charge in [-0.1, -0.05) is 15.9 Å². The van der Waals surface area contributed by atoms with E-state index in [1.165, 1.54) is 7.11 Å². The molecular formula is C10H12Br2N2O3. The van der Waals surface area contributed by atoms with Crippen LogP contribution in [-0.4, -0.2) is 25.7 Å². The summed E-state index contributed by atoms with van der Waals surface area (Å²) in [4.78, 5) is 11.4. The lowest BCUT2D eigenvalue weighted by molar-refractivity contribution is -0.130. The van der Waals surface area contributed by atoms with Crippen molar-refractivity contribution >= 4 is 37.8 Å². The Hall–Kier alpha value is -0.630. The van der Waals surface area contributed by atoms with Crippen molar-refractivity contribution in [1.29, 1.82) is 0 Å². The molecule has 94 valence electrons. The second kappa shape index (κ2) is 6.95. The molecule has 1 amide bonds. The van der Waals surface area contributed by atoms with E-state index in [1.54, 1.807) is 6.07 Å². The van der Waals surface area contributed by atoms with Crippen LogP contribution in [0.25, 0.3) is 0 Å². The van der Waals surface area contributed by atoms with Crippen LogP contribution in [0.5, 0.6) is 5.75 Å². The van der Waals surface area contributed by atoms with Crippen LogP contribution in [0.3, 0.4) is 0 Å². The number of carbonyl (C=O) groups excluding carboxylic acids is 1. The van der Waals surface area contributed by atoms with Gasteiger partial charge in [0.1, 0.15) is 5.75 Å². The van der Waals surface area contributed by atoms with Gasteiger partial charge in [0.2, 0.25) is 6.10 Å². The number of hydrogen-bond donors (Lipinski definition) is 2. The third-order valence-corrected chi connectivity index (χ3v) is 3.03. The zero-order valence-corrected chi connectivity index (χ0v) is 12.2. The van der Waals surface area contributed by atoms with Crippen LogP contribution in [-0.2, 0) is 9.53 Å². The topological polar surface area (TPSA) is 73.6 Å². The lowest BCUT2D eigenvalue weighted by Gasteiger charge is -2.17. The van der Waals surface area contributed by atoms with E-state index in [4.69, 9.17) is 15.3 Å². The van der Waals surface area contributed by atoms with Crippen molar-refractivity contribution in [3.8, 4) is 5.75 Å². The first-order chi connectivity index (χ1) is 8.08. The van der Waals surface area contributed by atoms with Crippen LogP contribution >= 0.6 is 31.9 Å². The van der Waals surface area contributed by atoms with E-state index in [1.807, 2.05) is 17.6 Å². The molecule has 0 spiro atoms. The summed E-state index contributed by atoms with van der Waals surface area (Å²) in [5.74, 6) is 5.16. The molecule has 0 heterocycles.